The Kier molecular flexibility index (Phi) is 12.9. The van der Waals surface area contributed by atoms with E-state index in [1.165, 1.54) is 7.11 Å². The van der Waals surface area contributed by atoms with Crippen molar-refractivity contribution in [2.24, 2.45) is 0 Å². The molecule has 3 aromatic rings. The third kappa shape index (κ3) is 10.4. The standard InChI is InChI=1S/C35H45FN4O5/c1-4-26(5-2)38-35(42)39-28-12-17-32(33(24-28)43-3)45-30-15-10-27(11-16-30)37-34(41)25-8-13-29(14-9-25)44-31-18-22-40(23-19-31)21-7-6-20-36/h8-17,24,26,31H,4-7,18-23H2,1-3H3,(H,37,41)(H2,38,39,42). The summed E-state index contributed by atoms with van der Waals surface area (Å²) < 4.78 is 30.0. The molecule has 1 aliphatic rings. The summed E-state index contributed by atoms with van der Waals surface area (Å²) in [6.45, 7) is 6.67. The molecule has 0 aliphatic carbocycles. The minimum atomic E-state index is -0.267. The van der Waals surface area contributed by atoms with Crippen molar-refractivity contribution in [3.8, 4) is 23.0 Å². The van der Waals surface area contributed by atoms with Crippen LogP contribution in [-0.2, 0) is 0 Å². The number of unbranched alkanes of at least 4 members (excludes halogenated alkanes) is 1. The molecule has 0 aromatic heterocycles. The van der Waals surface area contributed by atoms with Gasteiger partial charge >= 0.3 is 6.03 Å². The lowest BCUT2D eigenvalue weighted by Gasteiger charge is -2.32. The topological polar surface area (TPSA) is 101 Å². The van der Waals surface area contributed by atoms with Gasteiger partial charge in [0, 0.05) is 42.1 Å². The van der Waals surface area contributed by atoms with Crippen LogP contribution in [0, 0.1) is 0 Å². The number of piperidine rings is 1. The van der Waals surface area contributed by atoms with Crippen LogP contribution >= 0.6 is 0 Å². The van der Waals surface area contributed by atoms with Crippen molar-refractivity contribution in [3.63, 3.8) is 0 Å². The van der Waals surface area contributed by atoms with Gasteiger partial charge in [0.25, 0.3) is 5.91 Å². The first-order chi connectivity index (χ1) is 21.9. The fourth-order valence-corrected chi connectivity index (χ4v) is 5.17. The summed E-state index contributed by atoms with van der Waals surface area (Å²) in [5.41, 5.74) is 1.74. The van der Waals surface area contributed by atoms with Crippen molar-refractivity contribution < 1.29 is 28.2 Å². The van der Waals surface area contributed by atoms with E-state index in [0.29, 0.717) is 40.6 Å². The molecule has 1 heterocycles. The van der Waals surface area contributed by atoms with Crippen molar-refractivity contribution in [1.82, 2.24) is 10.2 Å². The van der Waals surface area contributed by atoms with Crippen LogP contribution in [0.25, 0.3) is 0 Å². The minimum absolute atomic E-state index is 0.118. The van der Waals surface area contributed by atoms with E-state index in [0.717, 1.165) is 57.5 Å². The highest BCUT2D eigenvalue weighted by Crippen LogP contribution is 2.34. The number of hydrogen-bond acceptors (Lipinski definition) is 6. The van der Waals surface area contributed by atoms with Crippen molar-refractivity contribution in [2.75, 3.05) is 44.1 Å². The fourth-order valence-electron chi connectivity index (χ4n) is 5.17. The first kappa shape index (κ1) is 33.6. The van der Waals surface area contributed by atoms with Gasteiger partial charge in [-0.3, -0.25) is 9.18 Å². The first-order valence-electron chi connectivity index (χ1n) is 15.8. The van der Waals surface area contributed by atoms with Crippen LogP contribution in [0.3, 0.4) is 0 Å². The number of rotatable bonds is 15. The number of ether oxygens (including phenoxy) is 3. The molecule has 0 bridgehead atoms. The van der Waals surface area contributed by atoms with E-state index >= 15 is 0 Å². The number of anilines is 2. The first-order valence-corrected chi connectivity index (χ1v) is 15.8. The van der Waals surface area contributed by atoms with Crippen molar-refractivity contribution in [1.29, 1.82) is 0 Å². The molecule has 0 radical (unpaired) electrons. The van der Waals surface area contributed by atoms with Crippen molar-refractivity contribution in [3.05, 3.63) is 72.3 Å². The highest BCUT2D eigenvalue weighted by Gasteiger charge is 2.20. The van der Waals surface area contributed by atoms with E-state index in [-0.39, 0.29) is 30.8 Å². The molecule has 9 nitrogen and oxygen atoms in total. The maximum atomic E-state index is 12.9. The van der Waals surface area contributed by atoms with Crippen LogP contribution in [0.4, 0.5) is 20.6 Å². The molecule has 0 saturated carbocycles. The number of carbonyl (C=O) groups excluding carboxylic acids is 2. The Morgan fingerprint density at radius 3 is 2.18 bits per heavy atom. The maximum absolute atomic E-state index is 12.9. The van der Waals surface area contributed by atoms with Gasteiger partial charge in [0.15, 0.2) is 11.5 Å². The summed E-state index contributed by atoms with van der Waals surface area (Å²) in [6, 6.07) is 19.2. The second kappa shape index (κ2) is 17.2. The molecule has 0 unspecified atom stereocenters. The molecule has 1 fully saturated rings. The number of methoxy groups -OCH3 is 1. The molecule has 1 aliphatic heterocycles. The van der Waals surface area contributed by atoms with Crippen LogP contribution < -0.4 is 30.2 Å². The Labute approximate surface area is 265 Å². The zero-order valence-electron chi connectivity index (χ0n) is 26.4. The average Bonchev–Trinajstić information content (AvgIpc) is 3.06. The number of nitrogens with zero attached hydrogens (tertiary/aromatic N) is 1. The predicted octanol–water partition coefficient (Wildman–Crippen LogP) is 7.64. The van der Waals surface area contributed by atoms with Gasteiger partial charge in [-0.25, -0.2) is 4.79 Å². The predicted molar refractivity (Wildman–Crippen MR) is 176 cm³/mol. The Bertz CT molecular complexity index is 1360. The van der Waals surface area contributed by atoms with Gasteiger partial charge in [0.05, 0.1) is 13.8 Å². The van der Waals surface area contributed by atoms with E-state index in [9.17, 15) is 14.0 Å². The monoisotopic (exact) mass is 620 g/mol. The number of halogens is 1. The molecular formula is C35H45FN4O5. The number of benzene rings is 3. The zero-order valence-corrected chi connectivity index (χ0v) is 26.4. The lowest BCUT2D eigenvalue weighted by molar-refractivity contribution is 0.0991. The Balaban J connectivity index is 1.25. The summed E-state index contributed by atoms with van der Waals surface area (Å²) in [5.74, 6) is 2.03. The fraction of sp³-hybridized carbons (Fsp3) is 0.429. The normalized spacial score (nSPS) is 13.7. The summed E-state index contributed by atoms with van der Waals surface area (Å²) in [7, 11) is 1.54. The molecule has 1 saturated heterocycles. The highest BCUT2D eigenvalue weighted by molar-refractivity contribution is 6.04. The minimum Gasteiger partial charge on any atom is -0.493 e. The van der Waals surface area contributed by atoms with Crippen LogP contribution in [-0.4, -0.2) is 62.4 Å². The van der Waals surface area contributed by atoms with Gasteiger partial charge < -0.3 is 35.1 Å². The maximum Gasteiger partial charge on any atom is 0.319 e. The summed E-state index contributed by atoms with van der Waals surface area (Å²) in [6.07, 6.45) is 5.25. The van der Waals surface area contributed by atoms with Gasteiger partial charge in [-0.2, -0.15) is 0 Å². The Morgan fingerprint density at radius 1 is 0.867 bits per heavy atom. The van der Waals surface area contributed by atoms with E-state index in [4.69, 9.17) is 14.2 Å². The van der Waals surface area contributed by atoms with E-state index in [2.05, 4.69) is 20.9 Å². The SMILES string of the molecule is CCC(CC)NC(=O)Nc1ccc(Oc2ccc(NC(=O)c3ccc(OC4CCN(CCCCF)CC4)cc3)cc2)c(OC)c1. The van der Waals surface area contributed by atoms with Crippen LogP contribution in [0.2, 0.25) is 0 Å². The Morgan fingerprint density at radius 2 is 1.53 bits per heavy atom. The molecule has 45 heavy (non-hydrogen) atoms. The lowest BCUT2D eigenvalue weighted by Crippen LogP contribution is -2.38. The molecule has 3 N–H and O–H groups in total. The molecule has 4 rings (SSSR count). The van der Waals surface area contributed by atoms with Crippen LogP contribution in [0.15, 0.2) is 66.7 Å². The highest BCUT2D eigenvalue weighted by atomic mass is 19.1. The summed E-state index contributed by atoms with van der Waals surface area (Å²) >= 11 is 0. The molecule has 0 atom stereocenters. The van der Waals surface area contributed by atoms with Gasteiger partial charge in [-0.15, -0.1) is 0 Å². The van der Waals surface area contributed by atoms with Crippen molar-refractivity contribution >= 4 is 23.3 Å². The number of amides is 3. The van der Waals surface area contributed by atoms with Crippen LogP contribution in [0.1, 0.15) is 62.7 Å². The van der Waals surface area contributed by atoms with E-state index < -0.39 is 0 Å². The van der Waals surface area contributed by atoms with E-state index in [1.807, 2.05) is 26.0 Å². The number of nitrogens with one attached hydrogen (secondary N) is 3. The van der Waals surface area contributed by atoms with Crippen molar-refractivity contribution in [2.45, 2.75) is 64.5 Å². The molecule has 10 heteroatoms. The molecule has 0 spiro atoms. The zero-order chi connectivity index (χ0) is 32.0. The van der Waals surface area contributed by atoms with E-state index in [1.54, 1.807) is 54.6 Å². The quantitative estimate of drug-likeness (QED) is 0.151. The average molecular weight is 621 g/mol. The second-order valence-corrected chi connectivity index (χ2v) is 11.1. The molecule has 3 aromatic carbocycles. The van der Waals surface area contributed by atoms with Gasteiger partial charge in [0.2, 0.25) is 0 Å². The largest absolute Gasteiger partial charge is 0.493 e. The Hall–Kier alpha value is -4.31. The van der Waals surface area contributed by atoms with Gasteiger partial charge in [-0.05, 0) is 106 Å². The summed E-state index contributed by atoms with van der Waals surface area (Å²) in [5, 5.41) is 8.69. The number of hydrogen-bond donors (Lipinski definition) is 3. The number of carbonyl (C=O) groups is 2. The smallest absolute Gasteiger partial charge is 0.319 e. The number of likely N-dealkylation sites (tertiary alicyclic amines) is 1. The number of alkyl halides is 1. The van der Waals surface area contributed by atoms with Crippen LogP contribution in [0.5, 0.6) is 23.0 Å². The second-order valence-electron chi connectivity index (χ2n) is 11.1. The molecule has 242 valence electrons. The number of urea groups is 1. The molecular weight excluding hydrogens is 575 g/mol. The lowest BCUT2D eigenvalue weighted by atomic mass is 10.1. The van der Waals surface area contributed by atoms with Gasteiger partial charge in [0.1, 0.15) is 17.6 Å². The molecule has 3 amide bonds. The summed E-state index contributed by atoms with van der Waals surface area (Å²) in [4.78, 5) is 27.5. The third-order valence-electron chi connectivity index (χ3n) is 7.89. The third-order valence-corrected chi connectivity index (χ3v) is 7.89. The van der Waals surface area contributed by atoms with Gasteiger partial charge in [-0.1, -0.05) is 13.8 Å².